The highest BCUT2D eigenvalue weighted by Gasteiger charge is 2.27. The quantitative estimate of drug-likeness (QED) is 0.170. The van der Waals surface area contributed by atoms with Gasteiger partial charge in [0.05, 0.1) is 21.9 Å². The normalized spacial score (nSPS) is 17.7. The van der Waals surface area contributed by atoms with Gasteiger partial charge in [0, 0.05) is 12.8 Å². The summed E-state index contributed by atoms with van der Waals surface area (Å²) in [5.41, 5.74) is 6.14. The van der Waals surface area contributed by atoms with Crippen molar-refractivity contribution < 1.29 is 14.3 Å². The molecule has 0 aliphatic carbocycles. The van der Waals surface area contributed by atoms with Crippen molar-refractivity contribution in [1.82, 2.24) is 10.6 Å². The number of methoxy groups -OCH3 is 1. The maximum absolute atomic E-state index is 12.1. The van der Waals surface area contributed by atoms with Gasteiger partial charge in [-0.15, -0.1) is 0 Å². The van der Waals surface area contributed by atoms with Crippen LogP contribution in [0.2, 0.25) is 0 Å². The first-order chi connectivity index (χ1) is 12.9. The van der Waals surface area contributed by atoms with E-state index in [4.69, 9.17) is 20.6 Å². The molecule has 0 aromatic heterocycles. The third-order valence-electron chi connectivity index (χ3n) is 3.93. The zero-order chi connectivity index (χ0) is 19.8. The first-order valence-electron chi connectivity index (χ1n) is 8.66. The molecule has 1 aliphatic rings. The molecule has 2 rings (SSSR count). The summed E-state index contributed by atoms with van der Waals surface area (Å²) in [5, 5.41) is 13.3. The molecule has 1 unspecified atom stereocenters. The lowest BCUT2D eigenvalue weighted by Gasteiger charge is -2.10. The van der Waals surface area contributed by atoms with Gasteiger partial charge in [-0.3, -0.25) is 10.2 Å². The molecule has 0 spiro atoms. The Hall–Kier alpha value is -1.58. The monoisotopic (exact) mass is 502 g/mol. The Labute approximate surface area is 175 Å². The number of ether oxygens (including phenoxy) is 2. The lowest BCUT2D eigenvalue weighted by molar-refractivity contribution is -0.116. The third-order valence-corrected chi connectivity index (χ3v) is 5.11. The molecule has 1 amide bonds. The van der Waals surface area contributed by atoms with Crippen molar-refractivity contribution in [2.45, 2.75) is 31.9 Å². The number of hydrogen-bond acceptors (Lipinski definition) is 5. The first-order valence-corrected chi connectivity index (χ1v) is 10.2. The summed E-state index contributed by atoms with van der Waals surface area (Å²) in [6, 6.07) is 3.73. The van der Waals surface area contributed by atoms with E-state index in [1.165, 1.54) is 0 Å². The summed E-state index contributed by atoms with van der Waals surface area (Å²) >= 11 is 6.90. The maximum atomic E-state index is 12.1. The van der Waals surface area contributed by atoms with Gasteiger partial charge in [-0.05, 0) is 81.6 Å². The number of amidine groups is 1. The van der Waals surface area contributed by atoms with Crippen molar-refractivity contribution in [3.63, 3.8) is 0 Å². The third kappa shape index (κ3) is 6.82. The molecule has 7 nitrogen and oxygen atoms in total. The summed E-state index contributed by atoms with van der Waals surface area (Å²) < 4.78 is 12.6. The number of amides is 1. The van der Waals surface area contributed by atoms with Crippen molar-refractivity contribution in [1.29, 1.82) is 5.41 Å². The molecule has 1 atom stereocenters. The Kier molecular flexibility index (Phi) is 8.59. The lowest BCUT2D eigenvalue weighted by Crippen LogP contribution is -2.27. The number of halogens is 2. The van der Waals surface area contributed by atoms with Gasteiger partial charge in [-0.1, -0.05) is 0 Å². The van der Waals surface area contributed by atoms with Gasteiger partial charge in [-0.2, -0.15) is 0 Å². The molecule has 1 aliphatic heterocycles. The highest BCUT2D eigenvalue weighted by molar-refractivity contribution is 9.11. The molecule has 5 N–H and O–H groups in total. The number of hydrogen-bond donors (Lipinski definition) is 4. The summed E-state index contributed by atoms with van der Waals surface area (Å²) in [5.74, 6) is 1.01. The molecule has 148 valence electrons. The van der Waals surface area contributed by atoms with E-state index >= 15 is 0 Å². The van der Waals surface area contributed by atoms with Gasteiger partial charge in [0.1, 0.15) is 5.75 Å². The smallest absolute Gasteiger partial charge is 0.289 e. The second-order valence-electron chi connectivity index (χ2n) is 6.13. The van der Waals surface area contributed by atoms with E-state index < -0.39 is 0 Å². The molecular formula is C18H24Br2N4O3. The van der Waals surface area contributed by atoms with E-state index in [9.17, 15) is 4.79 Å². The van der Waals surface area contributed by atoms with Crippen LogP contribution in [-0.4, -0.2) is 38.2 Å². The number of nitrogens with two attached hydrogens (primary N) is 1. The predicted octanol–water partition coefficient (Wildman–Crippen LogP) is 3.12. The van der Waals surface area contributed by atoms with Gasteiger partial charge >= 0.3 is 0 Å². The summed E-state index contributed by atoms with van der Waals surface area (Å²) in [7, 11) is 1.60. The lowest BCUT2D eigenvalue weighted by atomic mass is 10.2. The van der Waals surface area contributed by atoms with Gasteiger partial charge in [0.15, 0.2) is 12.0 Å². The SMILES string of the molecule is COc1c(Br)cc(/C=C2\OC(CCCNCCCC(=N)N)NC2=O)cc1Br. The molecule has 1 aromatic rings. The molecular weight excluding hydrogens is 480 g/mol. The fourth-order valence-electron chi connectivity index (χ4n) is 2.63. The van der Waals surface area contributed by atoms with Crippen molar-refractivity contribution in [2.24, 2.45) is 5.73 Å². The number of carbonyl (C=O) groups excluding carboxylic acids is 1. The number of benzene rings is 1. The fourth-order valence-corrected chi connectivity index (χ4v) is 4.18. The second kappa shape index (κ2) is 10.7. The number of carbonyl (C=O) groups is 1. The molecule has 0 saturated carbocycles. The Morgan fingerprint density at radius 2 is 2.04 bits per heavy atom. The Morgan fingerprint density at radius 1 is 1.37 bits per heavy atom. The number of rotatable bonds is 10. The Balaban J connectivity index is 1.81. The summed E-state index contributed by atoms with van der Waals surface area (Å²) in [4.78, 5) is 12.1. The van der Waals surface area contributed by atoms with E-state index in [0.717, 1.165) is 46.9 Å². The van der Waals surface area contributed by atoms with Crippen LogP contribution >= 0.6 is 31.9 Å². The Bertz CT molecular complexity index is 702. The highest BCUT2D eigenvalue weighted by atomic mass is 79.9. The van der Waals surface area contributed by atoms with Gasteiger partial charge in [0.25, 0.3) is 5.91 Å². The molecule has 1 fully saturated rings. The van der Waals surface area contributed by atoms with Crippen LogP contribution < -0.4 is 21.1 Å². The summed E-state index contributed by atoms with van der Waals surface area (Å²) in [6.07, 6.45) is 4.46. The predicted molar refractivity (Wildman–Crippen MR) is 113 cm³/mol. The van der Waals surface area contributed by atoms with E-state index in [1.807, 2.05) is 12.1 Å². The maximum Gasteiger partial charge on any atom is 0.289 e. The van der Waals surface area contributed by atoms with E-state index in [-0.39, 0.29) is 18.0 Å². The van der Waals surface area contributed by atoms with Crippen LogP contribution in [0.25, 0.3) is 6.08 Å². The van der Waals surface area contributed by atoms with Crippen molar-refractivity contribution in [3.05, 3.63) is 32.4 Å². The molecule has 1 heterocycles. The van der Waals surface area contributed by atoms with Crippen LogP contribution in [0.4, 0.5) is 0 Å². The van der Waals surface area contributed by atoms with Gasteiger partial charge in [-0.25, -0.2) is 0 Å². The van der Waals surface area contributed by atoms with Crippen LogP contribution in [0.5, 0.6) is 5.75 Å². The minimum atomic E-state index is -0.312. The zero-order valence-corrected chi connectivity index (χ0v) is 18.3. The highest BCUT2D eigenvalue weighted by Crippen LogP contribution is 2.35. The van der Waals surface area contributed by atoms with E-state index in [1.54, 1.807) is 13.2 Å². The molecule has 0 radical (unpaired) electrons. The summed E-state index contributed by atoms with van der Waals surface area (Å²) in [6.45, 7) is 1.65. The average Bonchev–Trinajstić information content (AvgIpc) is 2.93. The zero-order valence-electron chi connectivity index (χ0n) is 15.1. The molecule has 1 aromatic carbocycles. The first kappa shape index (κ1) is 21.7. The molecule has 0 bridgehead atoms. The van der Waals surface area contributed by atoms with Crippen LogP contribution in [0, 0.1) is 5.41 Å². The minimum absolute atomic E-state index is 0.211. The Morgan fingerprint density at radius 3 is 2.67 bits per heavy atom. The van der Waals surface area contributed by atoms with Crippen molar-refractivity contribution >= 4 is 49.7 Å². The molecule has 27 heavy (non-hydrogen) atoms. The average molecular weight is 504 g/mol. The van der Waals surface area contributed by atoms with Gasteiger partial charge in [0.2, 0.25) is 0 Å². The van der Waals surface area contributed by atoms with E-state index in [2.05, 4.69) is 42.5 Å². The molecule has 1 saturated heterocycles. The molecule has 9 heteroatoms. The fraction of sp³-hybridized carbons (Fsp3) is 0.444. The van der Waals surface area contributed by atoms with E-state index in [0.29, 0.717) is 17.9 Å². The van der Waals surface area contributed by atoms with Crippen LogP contribution in [0.1, 0.15) is 31.2 Å². The minimum Gasteiger partial charge on any atom is -0.494 e. The van der Waals surface area contributed by atoms with Crippen molar-refractivity contribution in [3.8, 4) is 5.75 Å². The second-order valence-corrected chi connectivity index (χ2v) is 7.84. The largest absolute Gasteiger partial charge is 0.494 e. The van der Waals surface area contributed by atoms with Crippen molar-refractivity contribution in [2.75, 3.05) is 20.2 Å². The van der Waals surface area contributed by atoms with Gasteiger partial charge < -0.3 is 25.8 Å². The number of nitrogens with one attached hydrogen (secondary N) is 3. The van der Waals surface area contributed by atoms with Crippen LogP contribution in [0.3, 0.4) is 0 Å². The van der Waals surface area contributed by atoms with Crippen LogP contribution in [0.15, 0.2) is 26.8 Å². The topological polar surface area (TPSA) is 109 Å². The van der Waals surface area contributed by atoms with Crippen LogP contribution in [-0.2, 0) is 9.53 Å². The standard InChI is InChI=1S/C18H24Br2N4O3/c1-26-17-12(19)8-11(9-13(17)20)10-14-18(25)24-16(27-14)5-3-7-23-6-2-4-15(21)22/h8-10,16,23H,2-7H2,1H3,(H3,21,22)(H,24,25)/b14-10-.